The Morgan fingerprint density at radius 3 is 2.50 bits per heavy atom. The smallest absolute Gasteiger partial charge is 0.223 e. The fourth-order valence-corrected chi connectivity index (χ4v) is 2.72. The Bertz CT molecular complexity index is 265. The van der Waals surface area contributed by atoms with Gasteiger partial charge in [-0.2, -0.15) is 0 Å². The molecule has 1 aliphatic carbocycles. The number of aliphatic hydroxyl groups is 1. The Hall–Kier alpha value is -0.610. The summed E-state index contributed by atoms with van der Waals surface area (Å²) in [7, 11) is 0. The molecule has 0 radical (unpaired) electrons. The number of carbonyl (C=O) groups excluding carboxylic acids is 1. The van der Waals surface area contributed by atoms with Crippen molar-refractivity contribution in [1.82, 2.24) is 5.32 Å². The van der Waals surface area contributed by atoms with E-state index in [1.165, 1.54) is 6.42 Å². The molecule has 1 amide bonds. The van der Waals surface area contributed by atoms with Gasteiger partial charge in [0.1, 0.15) is 0 Å². The van der Waals surface area contributed by atoms with Crippen LogP contribution >= 0.6 is 0 Å². The van der Waals surface area contributed by atoms with Gasteiger partial charge < -0.3 is 16.2 Å². The standard InChI is InChI=1S/C14H28N2O2/c1-3-14(18,4-2)10-16-13(17)12-8-6-5-7-11(12)9-15/h11-12,18H,3-10,15H2,1-2H3,(H,16,17). The summed E-state index contributed by atoms with van der Waals surface area (Å²) < 4.78 is 0. The highest BCUT2D eigenvalue weighted by Crippen LogP contribution is 2.29. The summed E-state index contributed by atoms with van der Waals surface area (Å²) in [5.41, 5.74) is 4.97. The Kier molecular flexibility index (Phi) is 6.09. The molecule has 1 aliphatic rings. The molecule has 0 bridgehead atoms. The molecule has 106 valence electrons. The quantitative estimate of drug-likeness (QED) is 0.673. The summed E-state index contributed by atoms with van der Waals surface area (Å²) in [5, 5.41) is 13.1. The Morgan fingerprint density at radius 2 is 1.94 bits per heavy atom. The van der Waals surface area contributed by atoms with Crippen LogP contribution in [0.1, 0.15) is 52.4 Å². The lowest BCUT2D eigenvalue weighted by Crippen LogP contribution is -2.46. The van der Waals surface area contributed by atoms with E-state index in [-0.39, 0.29) is 11.8 Å². The van der Waals surface area contributed by atoms with Gasteiger partial charge in [0.2, 0.25) is 5.91 Å². The van der Waals surface area contributed by atoms with Crippen molar-refractivity contribution in [2.45, 2.75) is 58.0 Å². The van der Waals surface area contributed by atoms with Crippen molar-refractivity contribution in [2.75, 3.05) is 13.1 Å². The van der Waals surface area contributed by atoms with Crippen LogP contribution < -0.4 is 11.1 Å². The van der Waals surface area contributed by atoms with E-state index in [2.05, 4.69) is 5.32 Å². The van der Waals surface area contributed by atoms with Gasteiger partial charge in [-0.3, -0.25) is 4.79 Å². The van der Waals surface area contributed by atoms with Gasteiger partial charge >= 0.3 is 0 Å². The van der Waals surface area contributed by atoms with Crippen LogP contribution in [0.3, 0.4) is 0 Å². The lowest BCUT2D eigenvalue weighted by Gasteiger charge is -2.31. The second-order valence-corrected chi connectivity index (χ2v) is 5.54. The zero-order valence-corrected chi connectivity index (χ0v) is 11.7. The highest BCUT2D eigenvalue weighted by Gasteiger charge is 2.31. The number of nitrogens with two attached hydrogens (primary N) is 1. The van der Waals surface area contributed by atoms with Gasteiger partial charge in [-0.25, -0.2) is 0 Å². The van der Waals surface area contributed by atoms with Gasteiger partial charge in [0.05, 0.1) is 5.60 Å². The molecule has 0 saturated heterocycles. The Labute approximate surface area is 110 Å². The summed E-state index contributed by atoms with van der Waals surface area (Å²) >= 11 is 0. The number of hydrogen-bond acceptors (Lipinski definition) is 3. The van der Waals surface area contributed by atoms with Crippen molar-refractivity contribution < 1.29 is 9.90 Å². The second kappa shape index (κ2) is 7.10. The molecule has 4 N–H and O–H groups in total. The van der Waals surface area contributed by atoms with Gasteiger partial charge in [-0.15, -0.1) is 0 Å². The first kappa shape index (κ1) is 15.4. The molecule has 4 heteroatoms. The molecule has 1 fully saturated rings. The molecule has 1 saturated carbocycles. The first-order chi connectivity index (χ1) is 8.56. The highest BCUT2D eigenvalue weighted by molar-refractivity contribution is 5.79. The zero-order chi connectivity index (χ0) is 13.6. The number of rotatable bonds is 6. The van der Waals surface area contributed by atoms with Gasteiger partial charge in [-0.05, 0) is 38.1 Å². The third-order valence-corrected chi connectivity index (χ3v) is 4.46. The summed E-state index contributed by atoms with van der Waals surface area (Å²) in [5.74, 6) is 0.433. The molecule has 1 rings (SSSR count). The van der Waals surface area contributed by atoms with Crippen LogP contribution in [0.2, 0.25) is 0 Å². The van der Waals surface area contributed by atoms with E-state index in [9.17, 15) is 9.90 Å². The molecule has 0 aromatic heterocycles. The first-order valence-corrected chi connectivity index (χ1v) is 7.26. The fourth-order valence-electron chi connectivity index (χ4n) is 2.72. The molecule has 2 unspecified atom stereocenters. The lowest BCUT2D eigenvalue weighted by molar-refractivity contribution is -0.129. The molecule has 4 nitrogen and oxygen atoms in total. The van der Waals surface area contributed by atoms with Crippen molar-refractivity contribution in [3.8, 4) is 0 Å². The highest BCUT2D eigenvalue weighted by atomic mass is 16.3. The predicted octanol–water partition coefficient (Wildman–Crippen LogP) is 1.42. The summed E-state index contributed by atoms with van der Waals surface area (Å²) in [4.78, 5) is 12.2. The monoisotopic (exact) mass is 256 g/mol. The minimum absolute atomic E-state index is 0.0433. The maximum absolute atomic E-state index is 12.2. The van der Waals surface area contributed by atoms with Crippen LogP contribution in [-0.4, -0.2) is 29.7 Å². The topological polar surface area (TPSA) is 75.3 Å². The van der Waals surface area contributed by atoms with Crippen molar-refractivity contribution in [3.63, 3.8) is 0 Å². The second-order valence-electron chi connectivity index (χ2n) is 5.54. The van der Waals surface area contributed by atoms with Gasteiger partial charge in [0.25, 0.3) is 0 Å². The number of amides is 1. The molecule has 2 atom stereocenters. The van der Waals surface area contributed by atoms with E-state index in [4.69, 9.17) is 5.73 Å². The van der Waals surface area contributed by atoms with Crippen molar-refractivity contribution in [3.05, 3.63) is 0 Å². The molecular formula is C14H28N2O2. The van der Waals surface area contributed by atoms with Crippen LogP contribution in [0.5, 0.6) is 0 Å². The Morgan fingerprint density at radius 1 is 1.33 bits per heavy atom. The minimum Gasteiger partial charge on any atom is -0.388 e. The molecule has 0 aromatic carbocycles. The lowest BCUT2D eigenvalue weighted by atomic mass is 9.78. The van der Waals surface area contributed by atoms with Crippen LogP contribution in [0.15, 0.2) is 0 Å². The molecule has 0 aliphatic heterocycles. The van der Waals surface area contributed by atoms with Crippen LogP contribution in [0.25, 0.3) is 0 Å². The molecule has 18 heavy (non-hydrogen) atoms. The van der Waals surface area contributed by atoms with Gasteiger partial charge in [0.15, 0.2) is 0 Å². The van der Waals surface area contributed by atoms with Gasteiger partial charge in [-0.1, -0.05) is 26.7 Å². The van der Waals surface area contributed by atoms with Crippen LogP contribution in [-0.2, 0) is 4.79 Å². The van der Waals surface area contributed by atoms with Crippen LogP contribution in [0, 0.1) is 11.8 Å². The summed E-state index contributed by atoms with van der Waals surface area (Å²) in [6.45, 7) is 4.83. The molecule has 0 heterocycles. The number of hydrogen-bond donors (Lipinski definition) is 3. The fraction of sp³-hybridized carbons (Fsp3) is 0.929. The third kappa shape index (κ3) is 3.95. The number of nitrogens with one attached hydrogen (secondary N) is 1. The van der Waals surface area contributed by atoms with E-state index in [1.54, 1.807) is 0 Å². The van der Waals surface area contributed by atoms with Crippen LogP contribution in [0.4, 0.5) is 0 Å². The first-order valence-electron chi connectivity index (χ1n) is 7.26. The van der Waals surface area contributed by atoms with E-state index < -0.39 is 5.60 Å². The molecule has 0 aromatic rings. The number of carbonyl (C=O) groups is 1. The predicted molar refractivity (Wildman–Crippen MR) is 73.0 cm³/mol. The Balaban J connectivity index is 2.48. The van der Waals surface area contributed by atoms with E-state index in [1.807, 2.05) is 13.8 Å². The summed E-state index contributed by atoms with van der Waals surface area (Å²) in [6.07, 6.45) is 5.61. The van der Waals surface area contributed by atoms with Gasteiger partial charge in [0, 0.05) is 12.5 Å². The van der Waals surface area contributed by atoms with Crippen molar-refractivity contribution in [2.24, 2.45) is 17.6 Å². The largest absolute Gasteiger partial charge is 0.388 e. The third-order valence-electron chi connectivity index (χ3n) is 4.46. The zero-order valence-electron chi connectivity index (χ0n) is 11.7. The maximum Gasteiger partial charge on any atom is 0.223 e. The SMILES string of the molecule is CCC(O)(CC)CNC(=O)C1CCCCC1CN. The average Bonchev–Trinajstić information content (AvgIpc) is 2.44. The van der Waals surface area contributed by atoms with Crippen molar-refractivity contribution >= 4 is 5.91 Å². The van der Waals surface area contributed by atoms with Crippen molar-refractivity contribution in [1.29, 1.82) is 0 Å². The molecular weight excluding hydrogens is 228 g/mol. The summed E-state index contributed by atoms with van der Waals surface area (Å²) in [6, 6.07) is 0. The van der Waals surface area contributed by atoms with E-state index in [0.29, 0.717) is 31.8 Å². The van der Waals surface area contributed by atoms with E-state index in [0.717, 1.165) is 19.3 Å². The van der Waals surface area contributed by atoms with E-state index >= 15 is 0 Å². The minimum atomic E-state index is -0.761. The molecule has 0 spiro atoms. The average molecular weight is 256 g/mol. The maximum atomic E-state index is 12.2. The normalized spacial score (nSPS) is 24.9.